The van der Waals surface area contributed by atoms with Crippen LogP contribution in [0.3, 0.4) is 0 Å². The highest BCUT2D eigenvalue weighted by atomic mass is 16.2. The van der Waals surface area contributed by atoms with Crippen LogP contribution in [0.15, 0.2) is 36.4 Å². The number of imidazole rings is 1. The number of aromatic amines is 1. The first-order chi connectivity index (χ1) is 15.0. The van der Waals surface area contributed by atoms with E-state index in [0.29, 0.717) is 31.6 Å². The van der Waals surface area contributed by atoms with Crippen LogP contribution in [-0.2, 0) is 26.1 Å². The lowest BCUT2D eigenvalue weighted by Gasteiger charge is -2.37. The second-order valence-corrected chi connectivity index (χ2v) is 9.28. The number of nitrogens with one attached hydrogen (secondary N) is 1. The van der Waals surface area contributed by atoms with Crippen molar-refractivity contribution in [2.45, 2.75) is 65.2 Å². The maximum Gasteiger partial charge on any atom is 0.325 e. The number of nitrogens with zero attached hydrogens (tertiary/aromatic N) is 3. The van der Waals surface area contributed by atoms with Gasteiger partial charge >= 0.3 is 6.03 Å². The van der Waals surface area contributed by atoms with Crippen molar-refractivity contribution in [2.75, 3.05) is 4.90 Å². The monoisotopic (exact) mass is 435 g/mol. The summed E-state index contributed by atoms with van der Waals surface area (Å²) in [6.07, 6.45) is 4.27. The summed E-state index contributed by atoms with van der Waals surface area (Å²) in [5.74, 6) is 1.44. The first-order valence-electron chi connectivity index (χ1n) is 11.4. The van der Waals surface area contributed by atoms with Crippen molar-refractivity contribution in [3.63, 3.8) is 0 Å². The topological polar surface area (TPSA) is 110 Å². The van der Waals surface area contributed by atoms with Crippen LogP contribution >= 0.6 is 0 Å². The molecule has 3 aromatic rings. The van der Waals surface area contributed by atoms with Gasteiger partial charge in [0.25, 0.3) is 0 Å². The molecule has 2 aliphatic rings. The zero-order valence-corrected chi connectivity index (χ0v) is 18.9. The van der Waals surface area contributed by atoms with Crippen LogP contribution in [0.25, 0.3) is 11.0 Å². The molecule has 2 aromatic carbocycles. The Balaban J connectivity index is 0.00000245. The summed E-state index contributed by atoms with van der Waals surface area (Å²) in [7, 11) is 0. The van der Waals surface area contributed by atoms with Gasteiger partial charge in [-0.1, -0.05) is 38.1 Å². The highest BCUT2D eigenvalue weighted by Gasteiger charge is 2.39. The van der Waals surface area contributed by atoms with E-state index in [2.05, 4.69) is 43.1 Å². The minimum Gasteiger partial charge on any atom is -0.412 e. The van der Waals surface area contributed by atoms with E-state index in [1.54, 1.807) is 0 Å². The van der Waals surface area contributed by atoms with E-state index in [1.165, 1.54) is 11.1 Å². The Hall–Kier alpha value is -2.90. The largest absolute Gasteiger partial charge is 0.412 e. The maximum absolute atomic E-state index is 13.3. The molecule has 1 aliphatic carbocycles. The summed E-state index contributed by atoms with van der Waals surface area (Å²) in [5, 5.41) is 0. The van der Waals surface area contributed by atoms with Gasteiger partial charge in [0, 0.05) is 19.1 Å². The fourth-order valence-electron chi connectivity index (χ4n) is 4.59. The van der Waals surface area contributed by atoms with Crippen molar-refractivity contribution in [1.82, 2.24) is 14.9 Å². The molecule has 1 aromatic heterocycles. The van der Waals surface area contributed by atoms with E-state index in [4.69, 9.17) is 10.7 Å². The number of aryl methyl sites for hydroxylation is 1. The Morgan fingerprint density at radius 3 is 2.69 bits per heavy atom. The van der Waals surface area contributed by atoms with Crippen molar-refractivity contribution in [3.8, 4) is 0 Å². The Morgan fingerprint density at radius 2 is 1.97 bits per heavy atom. The van der Waals surface area contributed by atoms with Crippen LogP contribution < -0.4 is 10.6 Å². The van der Waals surface area contributed by atoms with Crippen molar-refractivity contribution in [1.29, 1.82) is 0 Å². The lowest BCUT2D eigenvalue weighted by atomic mass is 9.97. The molecule has 7 heteroatoms. The van der Waals surface area contributed by atoms with Gasteiger partial charge in [-0.3, -0.25) is 4.90 Å². The standard InChI is InChI=1S/C25H31N5O.H2O/c1-16(2)7-11-20-17(13-26)8-12-21-24(20)28-23(27-21)15-30-22-6-4-3-5-18(22)14-29(25(30)31)19-9-10-19;/h3-6,8,12,16,19H,7,9-11,13-15,26H2,1-2H3,(H,27,28);1H2. The molecule has 2 amide bonds. The quantitative estimate of drug-likeness (QED) is 0.587. The predicted molar refractivity (Wildman–Crippen MR) is 127 cm³/mol. The summed E-state index contributed by atoms with van der Waals surface area (Å²) in [6.45, 7) is 6.14. The Kier molecular flexibility index (Phi) is 6.22. The van der Waals surface area contributed by atoms with Gasteiger partial charge < -0.3 is 21.1 Å². The van der Waals surface area contributed by atoms with Gasteiger partial charge in [0.2, 0.25) is 0 Å². The summed E-state index contributed by atoms with van der Waals surface area (Å²) < 4.78 is 0. The zero-order valence-electron chi connectivity index (χ0n) is 18.9. The van der Waals surface area contributed by atoms with Gasteiger partial charge in [-0.15, -0.1) is 0 Å². The minimum atomic E-state index is 0. The number of H-pyrrole nitrogens is 1. The van der Waals surface area contributed by atoms with Gasteiger partial charge in [0.1, 0.15) is 5.82 Å². The first-order valence-corrected chi connectivity index (χ1v) is 11.4. The molecule has 0 saturated heterocycles. The summed E-state index contributed by atoms with van der Waals surface area (Å²) in [5.41, 5.74) is 12.6. The molecule has 0 atom stereocenters. The average Bonchev–Trinajstić information content (AvgIpc) is 3.52. The van der Waals surface area contributed by atoms with Crippen molar-refractivity contribution in [2.24, 2.45) is 11.7 Å². The lowest BCUT2D eigenvalue weighted by molar-refractivity contribution is 0.194. The number of hydrogen-bond donors (Lipinski definition) is 2. The molecular weight excluding hydrogens is 402 g/mol. The van der Waals surface area contributed by atoms with Gasteiger partial charge in [-0.25, -0.2) is 9.78 Å². The molecule has 0 spiro atoms. The number of fused-ring (bicyclic) bond motifs is 2. The van der Waals surface area contributed by atoms with E-state index in [1.807, 2.05) is 21.9 Å². The number of urea groups is 1. The number of benzene rings is 2. The second-order valence-electron chi connectivity index (χ2n) is 9.28. The van der Waals surface area contributed by atoms with Crippen LogP contribution in [0.5, 0.6) is 0 Å². The van der Waals surface area contributed by atoms with Crippen molar-refractivity contribution < 1.29 is 10.3 Å². The molecule has 1 fully saturated rings. The van der Waals surface area contributed by atoms with Crippen LogP contribution in [0.1, 0.15) is 55.6 Å². The van der Waals surface area contributed by atoms with E-state index in [9.17, 15) is 4.79 Å². The zero-order chi connectivity index (χ0) is 21.5. The van der Waals surface area contributed by atoms with Crippen LogP contribution in [0.2, 0.25) is 0 Å². The van der Waals surface area contributed by atoms with Crippen LogP contribution in [0, 0.1) is 5.92 Å². The molecule has 170 valence electrons. The number of para-hydroxylation sites is 1. The number of anilines is 1. The fourth-order valence-corrected chi connectivity index (χ4v) is 4.59. The number of carbonyl (C=O) groups is 1. The Morgan fingerprint density at radius 1 is 1.19 bits per heavy atom. The highest BCUT2D eigenvalue weighted by molar-refractivity contribution is 5.95. The van der Waals surface area contributed by atoms with E-state index in [-0.39, 0.29) is 11.5 Å². The molecule has 2 heterocycles. The number of rotatable bonds is 7. The van der Waals surface area contributed by atoms with Gasteiger partial charge in [0.05, 0.1) is 23.3 Å². The van der Waals surface area contributed by atoms with E-state index in [0.717, 1.165) is 53.8 Å². The maximum atomic E-state index is 13.3. The molecule has 0 radical (unpaired) electrons. The summed E-state index contributed by atoms with van der Waals surface area (Å²) in [6, 6.07) is 12.9. The van der Waals surface area contributed by atoms with Crippen LogP contribution in [-0.4, -0.2) is 32.4 Å². The number of aromatic nitrogens is 2. The third-order valence-corrected chi connectivity index (χ3v) is 6.49. The van der Waals surface area contributed by atoms with Gasteiger partial charge in [-0.2, -0.15) is 0 Å². The smallest absolute Gasteiger partial charge is 0.325 e. The first kappa shape index (κ1) is 22.3. The number of hydrogen-bond acceptors (Lipinski definition) is 3. The molecule has 7 nitrogen and oxygen atoms in total. The van der Waals surface area contributed by atoms with Crippen molar-refractivity contribution >= 4 is 22.8 Å². The molecule has 0 bridgehead atoms. The number of amides is 2. The molecule has 32 heavy (non-hydrogen) atoms. The normalized spacial score (nSPS) is 15.9. The van der Waals surface area contributed by atoms with E-state index >= 15 is 0 Å². The molecule has 5 rings (SSSR count). The number of nitrogens with two attached hydrogens (primary N) is 1. The third kappa shape index (κ3) is 4.10. The van der Waals surface area contributed by atoms with Crippen molar-refractivity contribution in [3.05, 3.63) is 58.9 Å². The van der Waals surface area contributed by atoms with E-state index < -0.39 is 0 Å². The molecule has 1 saturated carbocycles. The minimum absolute atomic E-state index is 0. The fraction of sp³-hybridized carbons (Fsp3) is 0.440. The molecule has 1 aliphatic heterocycles. The molecular formula is C25H33N5O2. The summed E-state index contributed by atoms with van der Waals surface area (Å²) >= 11 is 0. The summed E-state index contributed by atoms with van der Waals surface area (Å²) in [4.78, 5) is 25.7. The Bertz CT molecular complexity index is 1120. The average molecular weight is 436 g/mol. The lowest BCUT2D eigenvalue weighted by Crippen LogP contribution is -2.47. The Labute approximate surface area is 188 Å². The number of carbonyl (C=O) groups excluding carboxylic acids is 1. The van der Waals surface area contributed by atoms with Gasteiger partial charge in [-0.05, 0) is 60.4 Å². The van der Waals surface area contributed by atoms with Gasteiger partial charge in [0.15, 0.2) is 0 Å². The molecule has 5 N–H and O–H groups in total. The van der Waals surface area contributed by atoms with Crippen LogP contribution in [0.4, 0.5) is 10.5 Å². The highest BCUT2D eigenvalue weighted by Crippen LogP contribution is 2.36. The molecule has 0 unspecified atom stereocenters. The second kappa shape index (κ2) is 8.92. The third-order valence-electron chi connectivity index (χ3n) is 6.49. The SMILES string of the molecule is CC(C)CCc1c(CN)ccc2[nH]c(CN3C(=O)N(C4CC4)Cc4ccccc43)nc12.O. The predicted octanol–water partition coefficient (Wildman–Crippen LogP) is 3.89.